The Morgan fingerprint density at radius 1 is 1.05 bits per heavy atom. The average Bonchev–Trinajstić information content (AvgIpc) is 3.56. The van der Waals surface area contributed by atoms with Gasteiger partial charge >= 0.3 is 0 Å². The lowest BCUT2D eigenvalue weighted by atomic mass is 10.2. The summed E-state index contributed by atoms with van der Waals surface area (Å²) in [5, 5.41) is 11.7. The molecule has 1 aromatic carbocycles. The summed E-state index contributed by atoms with van der Waals surface area (Å²) in [7, 11) is 0.0692. The summed E-state index contributed by atoms with van der Waals surface area (Å²) in [6, 6.07) is 6.86. The summed E-state index contributed by atoms with van der Waals surface area (Å²) in [5.41, 5.74) is 0.805. The predicted octanol–water partition coefficient (Wildman–Crippen LogP) is 2.61. The Labute approximate surface area is 218 Å². The van der Waals surface area contributed by atoms with E-state index in [1.165, 1.54) is 32.8 Å². The molecule has 0 fully saturated rings. The number of sulfonamides is 1. The molecule has 0 radical (unpaired) electrons. The number of para-hydroxylation sites is 1. The van der Waals surface area contributed by atoms with Gasteiger partial charge in [0.15, 0.2) is 17.5 Å². The molecule has 0 saturated heterocycles. The van der Waals surface area contributed by atoms with Crippen LogP contribution in [-0.2, 0) is 21.3 Å². The normalized spacial score (nSPS) is 13.2. The molecule has 3 aromatic heterocycles. The summed E-state index contributed by atoms with van der Waals surface area (Å²) in [6.07, 6.45) is 2.54. The number of hydrogen-bond donors (Lipinski definition) is 1. The topological polar surface area (TPSA) is 148 Å². The third-order valence-corrected chi connectivity index (χ3v) is 7.47. The van der Waals surface area contributed by atoms with Crippen molar-refractivity contribution in [2.24, 2.45) is 0 Å². The van der Waals surface area contributed by atoms with Gasteiger partial charge in [0.1, 0.15) is 34.2 Å². The average molecular weight is 547 g/mol. The fraction of sp³-hybridized carbons (Fsp3) is 0.348. The second-order valence-corrected chi connectivity index (χ2v) is 10.1. The summed E-state index contributed by atoms with van der Waals surface area (Å²) < 4.78 is 62.6. The van der Waals surface area contributed by atoms with Crippen molar-refractivity contribution in [3.63, 3.8) is 0 Å². The molecule has 15 heteroatoms. The number of ether oxygens (including phenoxy) is 3. The molecule has 38 heavy (non-hydrogen) atoms. The monoisotopic (exact) mass is 546 g/mol. The maximum absolute atomic E-state index is 13.5. The highest BCUT2D eigenvalue weighted by molar-refractivity contribution is 7.93. The minimum absolute atomic E-state index is 0.00503. The van der Waals surface area contributed by atoms with Crippen LogP contribution in [0.15, 0.2) is 42.9 Å². The number of nitrogens with zero attached hydrogens (tertiary/aromatic N) is 7. The van der Waals surface area contributed by atoms with Crippen molar-refractivity contribution in [1.82, 2.24) is 34.5 Å². The first-order valence-electron chi connectivity index (χ1n) is 11.5. The number of benzene rings is 1. The number of anilines is 1. The molecular weight excluding hydrogens is 519 g/mol. The van der Waals surface area contributed by atoms with Gasteiger partial charge in [-0.3, -0.25) is 14.0 Å². The molecule has 0 spiro atoms. The molecule has 202 valence electrons. The van der Waals surface area contributed by atoms with Crippen molar-refractivity contribution in [1.29, 1.82) is 0 Å². The molecule has 0 aliphatic rings. The zero-order valence-electron chi connectivity index (χ0n) is 21.4. The third-order valence-electron chi connectivity index (χ3n) is 5.78. The minimum Gasteiger partial charge on any atom is -0.494 e. The fourth-order valence-corrected chi connectivity index (χ4v) is 4.93. The van der Waals surface area contributed by atoms with E-state index in [0.29, 0.717) is 29.4 Å². The van der Waals surface area contributed by atoms with E-state index >= 15 is 0 Å². The molecule has 3 heterocycles. The van der Waals surface area contributed by atoms with E-state index in [-0.39, 0.29) is 17.6 Å². The first-order valence-corrected chi connectivity index (χ1v) is 13.0. The first kappa shape index (κ1) is 26.9. The Hall–Kier alpha value is -4.11. The van der Waals surface area contributed by atoms with Crippen LogP contribution in [0.5, 0.6) is 11.5 Å². The maximum Gasteiger partial charge on any atom is 0.243 e. The second kappa shape index (κ2) is 11.1. The van der Waals surface area contributed by atoms with Crippen LogP contribution in [0.1, 0.15) is 25.8 Å². The standard InChI is InChI=1S/C23H27FN8O5S/c1-6-31-11-10-16(29-31)22-27-28-23(32(22)19-17(35-3)8-7-9-18(19)36-4)30-38(33,34)14(2)20(37-5)21-25-12-15(24)13-26-21/h7-14,20H,6H2,1-5H3,(H,28,30)/t14-,20-/m0/s1. The SMILES string of the molecule is CCn1ccc(-c2nnc(NS(=O)(=O)[C@@H](C)[C@H](OC)c3ncc(F)cn3)n2-c2c(OC)cccc2OC)n1. The van der Waals surface area contributed by atoms with Gasteiger partial charge in [-0.15, -0.1) is 10.2 Å². The molecule has 4 aromatic rings. The second-order valence-electron chi connectivity index (χ2n) is 8.02. The molecule has 0 aliphatic carbocycles. The number of nitrogens with one attached hydrogen (secondary N) is 1. The molecule has 2 atom stereocenters. The number of aryl methyl sites for hydroxylation is 1. The predicted molar refractivity (Wildman–Crippen MR) is 135 cm³/mol. The Balaban J connectivity index is 1.83. The van der Waals surface area contributed by atoms with Gasteiger partial charge in [0.25, 0.3) is 0 Å². The van der Waals surface area contributed by atoms with Crippen LogP contribution in [-0.4, -0.2) is 69.5 Å². The lowest BCUT2D eigenvalue weighted by Gasteiger charge is -2.22. The van der Waals surface area contributed by atoms with E-state index in [1.807, 2.05) is 6.92 Å². The highest BCUT2D eigenvalue weighted by atomic mass is 32.2. The summed E-state index contributed by atoms with van der Waals surface area (Å²) in [6.45, 7) is 3.97. The molecule has 0 unspecified atom stereocenters. The summed E-state index contributed by atoms with van der Waals surface area (Å²) >= 11 is 0. The molecule has 13 nitrogen and oxygen atoms in total. The lowest BCUT2D eigenvalue weighted by Crippen LogP contribution is -2.33. The highest BCUT2D eigenvalue weighted by Gasteiger charge is 2.35. The summed E-state index contributed by atoms with van der Waals surface area (Å²) in [4.78, 5) is 7.75. The van der Waals surface area contributed by atoms with Gasteiger partial charge in [0, 0.05) is 19.9 Å². The van der Waals surface area contributed by atoms with Gasteiger partial charge in [-0.25, -0.2) is 22.8 Å². The van der Waals surface area contributed by atoms with Crippen molar-refractivity contribution in [2.75, 3.05) is 26.1 Å². The molecule has 0 bridgehead atoms. The largest absolute Gasteiger partial charge is 0.494 e. The van der Waals surface area contributed by atoms with Crippen LogP contribution in [0, 0.1) is 5.82 Å². The molecule has 1 N–H and O–H groups in total. The highest BCUT2D eigenvalue weighted by Crippen LogP contribution is 2.37. The lowest BCUT2D eigenvalue weighted by molar-refractivity contribution is 0.0948. The molecular formula is C23H27FN8O5S. The number of aromatic nitrogens is 7. The van der Waals surface area contributed by atoms with Crippen LogP contribution in [0.2, 0.25) is 0 Å². The smallest absolute Gasteiger partial charge is 0.243 e. The Morgan fingerprint density at radius 2 is 1.71 bits per heavy atom. The van der Waals surface area contributed by atoms with Crippen molar-refractivity contribution < 1.29 is 27.0 Å². The van der Waals surface area contributed by atoms with E-state index in [0.717, 1.165) is 12.4 Å². The zero-order chi connectivity index (χ0) is 27.4. The molecule has 0 aliphatic heterocycles. The van der Waals surface area contributed by atoms with Gasteiger partial charge in [0.2, 0.25) is 16.0 Å². The van der Waals surface area contributed by atoms with Crippen LogP contribution >= 0.6 is 0 Å². The maximum atomic E-state index is 13.5. The zero-order valence-corrected chi connectivity index (χ0v) is 22.2. The van der Waals surface area contributed by atoms with Crippen molar-refractivity contribution in [3.05, 3.63) is 54.5 Å². The Morgan fingerprint density at radius 3 is 2.26 bits per heavy atom. The number of halogens is 1. The Bertz CT molecular complexity index is 1480. The third kappa shape index (κ3) is 5.15. The van der Waals surface area contributed by atoms with E-state index in [2.05, 4.69) is 30.0 Å². The van der Waals surface area contributed by atoms with Crippen LogP contribution < -0.4 is 14.2 Å². The van der Waals surface area contributed by atoms with Gasteiger partial charge in [-0.05, 0) is 32.0 Å². The summed E-state index contributed by atoms with van der Waals surface area (Å²) in [5.74, 6) is 0.206. The molecule has 0 amide bonds. The van der Waals surface area contributed by atoms with Gasteiger partial charge in [-0.1, -0.05) is 6.07 Å². The van der Waals surface area contributed by atoms with Gasteiger partial charge in [-0.2, -0.15) is 5.10 Å². The van der Waals surface area contributed by atoms with E-state index in [1.54, 1.807) is 35.1 Å². The van der Waals surface area contributed by atoms with Crippen molar-refractivity contribution in [2.45, 2.75) is 31.7 Å². The van der Waals surface area contributed by atoms with Gasteiger partial charge < -0.3 is 14.2 Å². The number of rotatable bonds is 11. The van der Waals surface area contributed by atoms with Crippen molar-refractivity contribution in [3.8, 4) is 28.7 Å². The quantitative estimate of drug-likeness (QED) is 0.298. The van der Waals surface area contributed by atoms with Crippen LogP contribution in [0.25, 0.3) is 17.2 Å². The van der Waals surface area contributed by atoms with Gasteiger partial charge in [0.05, 0.1) is 26.6 Å². The van der Waals surface area contributed by atoms with E-state index in [9.17, 15) is 12.8 Å². The molecule has 4 rings (SSSR count). The van der Waals surface area contributed by atoms with Crippen molar-refractivity contribution >= 4 is 16.0 Å². The Kier molecular flexibility index (Phi) is 7.87. The van der Waals surface area contributed by atoms with Crippen LogP contribution in [0.4, 0.5) is 10.3 Å². The van der Waals surface area contributed by atoms with E-state index < -0.39 is 27.2 Å². The van der Waals surface area contributed by atoms with Crippen LogP contribution in [0.3, 0.4) is 0 Å². The number of hydrogen-bond acceptors (Lipinski definition) is 10. The van der Waals surface area contributed by atoms with E-state index in [4.69, 9.17) is 14.2 Å². The number of methoxy groups -OCH3 is 3. The fourth-order valence-electron chi connectivity index (χ4n) is 3.80. The molecule has 0 saturated carbocycles. The first-order chi connectivity index (χ1) is 18.2. The minimum atomic E-state index is -4.20.